The van der Waals surface area contributed by atoms with Gasteiger partial charge in [-0.15, -0.1) is 0 Å². The van der Waals surface area contributed by atoms with Crippen LogP contribution in [-0.2, 0) is 6.54 Å². The van der Waals surface area contributed by atoms with E-state index in [9.17, 15) is 0 Å². The van der Waals surface area contributed by atoms with Crippen molar-refractivity contribution < 1.29 is 4.42 Å². The molecular formula is C15H15ClN2OS. The van der Waals surface area contributed by atoms with Gasteiger partial charge in [0.15, 0.2) is 0 Å². The molecule has 2 N–H and O–H groups in total. The van der Waals surface area contributed by atoms with Gasteiger partial charge in [-0.3, -0.25) is 0 Å². The molecule has 0 aliphatic heterocycles. The molecule has 1 aromatic heterocycles. The van der Waals surface area contributed by atoms with Gasteiger partial charge in [-0.2, -0.15) is 0 Å². The van der Waals surface area contributed by atoms with Gasteiger partial charge in [0, 0.05) is 17.3 Å². The molecular weight excluding hydrogens is 292 g/mol. The number of hydrogen-bond donors (Lipinski definition) is 1. The fraction of sp³-hybridized carbons (Fsp3) is 0.267. The SMILES string of the molecule is NC(=S)c1ccc(N(Cc2ccco2)C2CC2)cc1Cl. The number of halogens is 1. The zero-order chi connectivity index (χ0) is 14.1. The first-order valence-corrected chi connectivity index (χ1v) is 7.32. The molecule has 1 heterocycles. The minimum absolute atomic E-state index is 0.325. The molecule has 0 unspecified atom stereocenters. The van der Waals surface area contributed by atoms with Gasteiger partial charge >= 0.3 is 0 Å². The van der Waals surface area contributed by atoms with E-state index in [1.807, 2.05) is 30.3 Å². The van der Waals surface area contributed by atoms with Crippen molar-refractivity contribution in [2.24, 2.45) is 5.73 Å². The second-order valence-electron chi connectivity index (χ2n) is 4.97. The summed E-state index contributed by atoms with van der Waals surface area (Å²) in [5.41, 5.74) is 7.44. The molecule has 0 spiro atoms. The molecule has 20 heavy (non-hydrogen) atoms. The Bertz CT molecular complexity index is 623. The maximum absolute atomic E-state index is 6.26. The normalized spacial score (nSPS) is 14.2. The van der Waals surface area contributed by atoms with Crippen molar-refractivity contribution in [3.63, 3.8) is 0 Å². The maximum atomic E-state index is 6.26. The number of rotatable bonds is 5. The Morgan fingerprint density at radius 1 is 1.40 bits per heavy atom. The van der Waals surface area contributed by atoms with Crippen LogP contribution in [0.25, 0.3) is 0 Å². The quantitative estimate of drug-likeness (QED) is 0.855. The Hall–Kier alpha value is -1.52. The highest BCUT2D eigenvalue weighted by atomic mass is 35.5. The number of nitrogens with two attached hydrogens (primary N) is 1. The first-order valence-electron chi connectivity index (χ1n) is 6.53. The summed E-state index contributed by atoms with van der Waals surface area (Å²) < 4.78 is 5.44. The van der Waals surface area contributed by atoms with E-state index >= 15 is 0 Å². The summed E-state index contributed by atoms with van der Waals surface area (Å²) in [7, 11) is 0. The van der Waals surface area contributed by atoms with Crippen LogP contribution >= 0.6 is 23.8 Å². The van der Waals surface area contributed by atoms with Gasteiger partial charge in [0.1, 0.15) is 10.7 Å². The van der Waals surface area contributed by atoms with Crippen molar-refractivity contribution in [2.45, 2.75) is 25.4 Å². The monoisotopic (exact) mass is 306 g/mol. The van der Waals surface area contributed by atoms with E-state index in [4.69, 9.17) is 34.0 Å². The van der Waals surface area contributed by atoms with Crippen LogP contribution in [0.3, 0.4) is 0 Å². The average molecular weight is 307 g/mol. The van der Waals surface area contributed by atoms with Crippen molar-refractivity contribution in [1.82, 2.24) is 0 Å². The molecule has 5 heteroatoms. The number of hydrogen-bond acceptors (Lipinski definition) is 3. The lowest BCUT2D eigenvalue weighted by Crippen LogP contribution is -2.25. The third kappa shape index (κ3) is 2.81. The van der Waals surface area contributed by atoms with Crippen LogP contribution < -0.4 is 10.6 Å². The number of benzene rings is 1. The minimum atomic E-state index is 0.325. The van der Waals surface area contributed by atoms with Gasteiger partial charge in [-0.1, -0.05) is 23.8 Å². The molecule has 3 nitrogen and oxygen atoms in total. The van der Waals surface area contributed by atoms with E-state index in [-0.39, 0.29) is 0 Å². The highest BCUT2D eigenvalue weighted by Crippen LogP contribution is 2.35. The van der Waals surface area contributed by atoms with Crippen LogP contribution in [0.5, 0.6) is 0 Å². The molecule has 0 atom stereocenters. The summed E-state index contributed by atoms with van der Waals surface area (Å²) in [6.45, 7) is 0.750. The standard InChI is InChI=1S/C15H15ClN2OS/c16-14-8-11(5-6-13(14)15(17)20)18(10-3-4-10)9-12-2-1-7-19-12/h1-2,5-8,10H,3-4,9H2,(H2,17,20). The summed E-state index contributed by atoms with van der Waals surface area (Å²) in [6, 6.07) is 10.3. The lowest BCUT2D eigenvalue weighted by Gasteiger charge is -2.24. The smallest absolute Gasteiger partial charge is 0.123 e. The molecule has 0 radical (unpaired) electrons. The van der Waals surface area contributed by atoms with Crippen molar-refractivity contribution in [2.75, 3.05) is 4.90 Å². The second-order valence-corrected chi connectivity index (χ2v) is 5.81. The van der Waals surface area contributed by atoms with Crippen LogP contribution in [0.2, 0.25) is 5.02 Å². The van der Waals surface area contributed by atoms with Crippen LogP contribution in [0, 0.1) is 0 Å². The van der Waals surface area contributed by atoms with Gasteiger partial charge in [0.05, 0.1) is 17.8 Å². The lowest BCUT2D eigenvalue weighted by atomic mass is 10.2. The Balaban J connectivity index is 1.88. The fourth-order valence-electron chi connectivity index (χ4n) is 2.27. The van der Waals surface area contributed by atoms with E-state index in [2.05, 4.69) is 4.90 Å². The van der Waals surface area contributed by atoms with Gasteiger partial charge in [0.2, 0.25) is 0 Å². The number of anilines is 1. The molecule has 3 rings (SSSR count). The number of nitrogens with zero attached hydrogens (tertiary/aromatic N) is 1. The average Bonchev–Trinajstić information content (AvgIpc) is 3.12. The predicted octanol–water partition coefficient (Wildman–Crippen LogP) is 3.74. The molecule has 1 fully saturated rings. The molecule has 0 bridgehead atoms. The molecule has 1 saturated carbocycles. The van der Waals surface area contributed by atoms with E-state index in [1.54, 1.807) is 6.26 Å². The van der Waals surface area contributed by atoms with Crippen LogP contribution in [-0.4, -0.2) is 11.0 Å². The van der Waals surface area contributed by atoms with Crippen molar-refractivity contribution in [3.8, 4) is 0 Å². The topological polar surface area (TPSA) is 42.4 Å². The third-order valence-electron chi connectivity index (χ3n) is 3.44. The number of thiocarbonyl (C=S) groups is 1. The zero-order valence-corrected chi connectivity index (χ0v) is 12.5. The van der Waals surface area contributed by atoms with E-state index in [1.165, 1.54) is 12.8 Å². The Kier molecular flexibility index (Phi) is 3.68. The van der Waals surface area contributed by atoms with Crippen LogP contribution in [0.15, 0.2) is 41.0 Å². The van der Waals surface area contributed by atoms with Crippen molar-refractivity contribution in [3.05, 3.63) is 52.9 Å². The largest absolute Gasteiger partial charge is 0.467 e. The molecule has 104 valence electrons. The van der Waals surface area contributed by atoms with Crippen LogP contribution in [0.4, 0.5) is 5.69 Å². The highest BCUT2D eigenvalue weighted by Gasteiger charge is 2.30. The lowest BCUT2D eigenvalue weighted by molar-refractivity contribution is 0.501. The third-order valence-corrected chi connectivity index (χ3v) is 3.98. The van der Waals surface area contributed by atoms with Crippen LogP contribution in [0.1, 0.15) is 24.2 Å². The first kappa shape index (κ1) is 13.5. The second kappa shape index (κ2) is 5.46. The Labute approximate surface area is 128 Å². The van der Waals surface area contributed by atoms with Gasteiger partial charge in [-0.25, -0.2) is 0 Å². The van der Waals surface area contributed by atoms with Gasteiger partial charge < -0.3 is 15.1 Å². The predicted molar refractivity (Wildman–Crippen MR) is 85.3 cm³/mol. The molecule has 1 aromatic carbocycles. The van der Waals surface area contributed by atoms with Crippen molar-refractivity contribution in [1.29, 1.82) is 0 Å². The molecule has 1 aliphatic rings. The van der Waals surface area contributed by atoms with Gasteiger partial charge in [0.25, 0.3) is 0 Å². The van der Waals surface area contributed by atoms with E-state index in [0.717, 1.165) is 23.6 Å². The van der Waals surface area contributed by atoms with Gasteiger partial charge in [-0.05, 0) is 43.2 Å². The number of furan rings is 1. The van der Waals surface area contributed by atoms with E-state index in [0.29, 0.717) is 16.1 Å². The summed E-state index contributed by atoms with van der Waals surface area (Å²) in [4.78, 5) is 2.64. The Morgan fingerprint density at radius 2 is 2.20 bits per heavy atom. The molecule has 1 aliphatic carbocycles. The maximum Gasteiger partial charge on any atom is 0.123 e. The van der Waals surface area contributed by atoms with Crippen molar-refractivity contribution >= 4 is 34.5 Å². The van der Waals surface area contributed by atoms with E-state index < -0.39 is 0 Å². The molecule has 0 saturated heterocycles. The zero-order valence-electron chi connectivity index (χ0n) is 10.9. The molecule has 2 aromatic rings. The first-order chi connectivity index (χ1) is 9.65. The summed E-state index contributed by atoms with van der Waals surface area (Å²) in [6.07, 6.45) is 4.11. The fourth-order valence-corrected chi connectivity index (χ4v) is 2.78. The summed E-state index contributed by atoms with van der Waals surface area (Å²) in [5.74, 6) is 0.950. The molecule has 0 amide bonds. The Morgan fingerprint density at radius 3 is 2.75 bits per heavy atom. The highest BCUT2D eigenvalue weighted by molar-refractivity contribution is 7.80. The minimum Gasteiger partial charge on any atom is -0.467 e. The summed E-state index contributed by atoms with van der Waals surface area (Å²) >= 11 is 11.2. The summed E-state index contributed by atoms with van der Waals surface area (Å²) in [5, 5.41) is 0.597.